The van der Waals surface area contributed by atoms with Crippen LogP contribution >= 0.6 is 0 Å². The molecule has 0 bridgehead atoms. The third kappa shape index (κ3) is 2.25. The normalized spacial score (nSPS) is 36.0. The van der Waals surface area contributed by atoms with Crippen LogP contribution in [0.15, 0.2) is 0 Å². The molecule has 0 saturated carbocycles. The van der Waals surface area contributed by atoms with Gasteiger partial charge in [0.1, 0.15) is 0 Å². The van der Waals surface area contributed by atoms with Crippen molar-refractivity contribution < 1.29 is 0 Å². The second-order valence-electron chi connectivity index (χ2n) is 4.96. The van der Waals surface area contributed by atoms with E-state index in [2.05, 4.69) is 39.5 Å². The van der Waals surface area contributed by atoms with Gasteiger partial charge in [-0.15, -0.1) is 0 Å². The van der Waals surface area contributed by atoms with E-state index in [4.69, 9.17) is 0 Å². The predicted molar refractivity (Wildman–Crippen MR) is 58.9 cm³/mol. The van der Waals surface area contributed by atoms with Gasteiger partial charge in [-0.2, -0.15) is 0 Å². The minimum atomic E-state index is 0.719. The zero-order chi connectivity index (χ0) is 10.0. The van der Waals surface area contributed by atoms with Crippen LogP contribution < -0.4 is 0 Å². The van der Waals surface area contributed by atoms with E-state index < -0.39 is 0 Å². The SMILES string of the molecule is CCCC1C(C)CC(C)N1C(C)C. The Balaban J connectivity index is 2.65. The quantitative estimate of drug-likeness (QED) is 0.649. The maximum atomic E-state index is 2.72. The van der Waals surface area contributed by atoms with Crippen molar-refractivity contribution in [1.29, 1.82) is 0 Å². The Labute approximate surface area is 83.5 Å². The van der Waals surface area contributed by atoms with Crippen molar-refractivity contribution >= 4 is 0 Å². The Morgan fingerprint density at radius 2 is 1.92 bits per heavy atom. The molecule has 1 aliphatic heterocycles. The van der Waals surface area contributed by atoms with Gasteiger partial charge in [0, 0.05) is 18.1 Å². The first-order chi connectivity index (χ1) is 6.07. The van der Waals surface area contributed by atoms with Crippen molar-refractivity contribution in [2.24, 2.45) is 5.92 Å². The van der Waals surface area contributed by atoms with Crippen molar-refractivity contribution in [1.82, 2.24) is 4.90 Å². The zero-order valence-corrected chi connectivity index (χ0v) is 9.88. The molecule has 3 unspecified atom stereocenters. The Morgan fingerprint density at radius 3 is 2.38 bits per heavy atom. The van der Waals surface area contributed by atoms with Crippen LogP contribution in [-0.4, -0.2) is 23.0 Å². The van der Waals surface area contributed by atoms with Gasteiger partial charge in [0.15, 0.2) is 0 Å². The van der Waals surface area contributed by atoms with Crippen LogP contribution in [0.25, 0.3) is 0 Å². The molecular weight excluding hydrogens is 158 g/mol. The number of hydrogen-bond donors (Lipinski definition) is 0. The van der Waals surface area contributed by atoms with Crippen LogP contribution in [-0.2, 0) is 0 Å². The molecule has 0 amide bonds. The Kier molecular flexibility index (Phi) is 3.78. The fourth-order valence-corrected chi connectivity index (χ4v) is 3.06. The number of likely N-dealkylation sites (tertiary alicyclic amines) is 1. The second-order valence-corrected chi connectivity index (χ2v) is 4.96. The van der Waals surface area contributed by atoms with Crippen molar-refractivity contribution in [3.63, 3.8) is 0 Å². The average Bonchev–Trinajstić information content (AvgIpc) is 2.27. The monoisotopic (exact) mass is 183 g/mol. The molecule has 1 fully saturated rings. The molecule has 1 rings (SSSR count). The van der Waals surface area contributed by atoms with Crippen molar-refractivity contribution in [2.45, 2.75) is 72.0 Å². The maximum absolute atomic E-state index is 2.72. The molecule has 1 heterocycles. The van der Waals surface area contributed by atoms with Crippen molar-refractivity contribution in [3.05, 3.63) is 0 Å². The van der Waals surface area contributed by atoms with Crippen LogP contribution in [0.1, 0.15) is 53.9 Å². The van der Waals surface area contributed by atoms with Crippen molar-refractivity contribution in [3.8, 4) is 0 Å². The lowest BCUT2D eigenvalue weighted by Gasteiger charge is -2.33. The molecule has 13 heavy (non-hydrogen) atoms. The predicted octanol–water partition coefficient (Wildman–Crippen LogP) is 3.29. The summed E-state index contributed by atoms with van der Waals surface area (Å²) in [4.78, 5) is 2.72. The van der Waals surface area contributed by atoms with E-state index in [0.717, 1.165) is 24.0 Å². The number of rotatable bonds is 3. The molecule has 78 valence electrons. The van der Waals surface area contributed by atoms with Crippen LogP contribution in [0.2, 0.25) is 0 Å². The molecule has 1 aliphatic rings. The fraction of sp³-hybridized carbons (Fsp3) is 1.00. The van der Waals surface area contributed by atoms with E-state index >= 15 is 0 Å². The zero-order valence-electron chi connectivity index (χ0n) is 9.88. The molecular formula is C12H25N. The molecule has 3 atom stereocenters. The summed E-state index contributed by atoms with van der Waals surface area (Å²) in [5, 5.41) is 0. The highest BCUT2D eigenvalue weighted by atomic mass is 15.2. The summed E-state index contributed by atoms with van der Waals surface area (Å²) in [5.74, 6) is 0.900. The van der Waals surface area contributed by atoms with Gasteiger partial charge < -0.3 is 0 Å². The highest BCUT2D eigenvalue weighted by molar-refractivity contribution is 4.91. The summed E-state index contributed by atoms with van der Waals surface area (Å²) in [7, 11) is 0. The summed E-state index contributed by atoms with van der Waals surface area (Å²) >= 11 is 0. The second kappa shape index (κ2) is 4.45. The molecule has 0 aliphatic carbocycles. The van der Waals surface area contributed by atoms with Gasteiger partial charge in [0.25, 0.3) is 0 Å². The lowest BCUT2D eigenvalue weighted by atomic mass is 9.98. The fourth-order valence-electron chi connectivity index (χ4n) is 3.06. The Morgan fingerprint density at radius 1 is 1.31 bits per heavy atom. The van der Waals surface area contributed by atoms with Crippen LogP contribution in [0.3, 0.4) is 0 Å². The summed E-state index contributed by atoms with van der Waals surface area (Å²) in [5.41, 5.74) is 0. The summed E-state index contributed by atoms with van der Waals surface area (Å²) in [6, 6.07) is 2.36. The van der Waals surface area contributed by atoms with Crippen LogP contribution in [0.4, 0.5) is 0 Å². The summed E-state index contributed by atoms with van der Waals surface area (Å²) in [6.45, 7) is 11.8. The average molecular weight is 183 g/mol. The van der Waals surface area contributed by atoms with Gasteiger partial charge in [0.05, 0.1) is 0 Å². The molecule has 0 aromatic carbocycles. The van der Waals surface area contributed by atoms with E-state index in [0.29, 0.717) is 0 Å². The highest BCUT2D eigenvalue weighted by Gasteiger charge is 2.36. The van der Waals surface area contributed by atoms with Gasteiger partial charge in [-0.3, -0.25) is 4.90 Å². The summed E-state index contributed by atoms with van der Waals surface area (Å²) in [6.07, 6.45) is 4.09. The smallest absolute Gasteiger partial charge is 0.0127 e. The van der Waals surface area contributed by atoms with E-state index in [-0.39, 0.29) is 0 Å². The summed E-state index contributed by atoms with van der Waals surface area (Å²) < 4.78 is 0. The minimum absolute atomic E-state index is 0.719. The largest absolute Gasteiger partial charge is 0.295 e. The third-order valence-electron chi connectivity index (χ3n) is 3.44. The topological polar surface area (TPSA) is 3.24 Å². The van der Waals surface area contributed by atoms with Gasteiger partial charge in [-0.25, -0.2) is 0 Å². The van der Waals surface area contributed by atoms with Crippen molar-refractivity contribution in [2.75, 3.05) is 0 Å². The van der Waals surface area contributed by atoms with Crippen LogP contribution in [0.5, 0.6) is 0 Å². The lowest BCUT2D eigenvalue weighted by Crippen LogP contribution is -2.41. The lowest BCUT2D eigenvalue weighted by molar-refractivity contribution is 0.139. The van der Waals surface area contributed by atoms with Crippen LogP contribution in [0, 0.1) is 5.92 Å². The maximum Gasteiger partial charge on any atom is 0.0127 e. The highest BCUT2D eigenvalue weighted by Crippen LogP contribution is 2.33. The molecule has 0 radical (unpaired) electrons. The first-order valence-electron chi connectivity index (χ1n) is 5.85. The third-order valence-corrected chi connectivity index (χ3v) is 3.44. The Hall–Kier alpha value is -0.0400. The molecule has 0 aromatic heterocycles. The van der Waals surface area contributed by atoms with E-state index in [1.807, 2.05) is 0 Å². The van der Waals surface area contributed by atoms with E-state index in [9.17, 15) is 0 Å². The first-order valence-corrected chi connectivity index (χ1v) is 5.85. The molecule has 0 N–H and O–H groups in total. The minimum Gasteiger partial charge on any atom is -0.295 e. The number of nitrogens with zero attached hydrogens (tertiary/aromatic N) is 1. The van der Waals surface area contributed by atoms with E-state index in [1.165, 1.54) is 19.3 Å². The number of hydrogen-bond acceptors (Lipinski definition) is 1. The van der Waals surface area contributed by atoms with Gasteiger partial charge >= 0.3 is 0 Å². The van der Waals surface area contributed by atoms with E-state index in [1.54, 1.807) is 0 Å². The van der Waals surface area contributed by atoms with Gasteiger partial charge in [-0.1, -0.05) is 20.3 Å². The molecule has 1 saturated heterocycles. The molecule has 1 heteroatoms. The molecule has 0 aromatic rings. The standard InChI is InChI=1S/C12H25N/c1-6-7-12-10(4)8-11(5)13(12)9(2)3/h9-12H,6-8H2,1-5H3. The van der Waals surface area contributed by atoms with Gasteiger partial charge in [-0.05, 0) is 39.5 Å². The molecule has 0 spiro atoms. The van der Waals surface area contributed by atoms with Gasteiger partial charge in [0.2, 0.25) is 0 Å². The molecule has 1 nitrogen and oxygen atoms in total. The first kappa shape index (κ1) is 11.0. The Bertz CT molecular complexity index is 153.